The molecule has 0 radical (unpaired) electrons. The van der Waals surface area contributed by atoms with Gasteiger partial charge < -0.3 is 19.1 Å². The van der Waals surface area contributed by atoms with Crippen LogP contribution in [0, 0.1) is 0 Å². The number of likely N-dealkylation sites (tertiary alicyclic amines) is 1. The molecule has 3 aromatic rings. The molecule has 1 aliphatic heterocycles. The number of benzene rings is 3. The van der Waals surface area contributed by atoms with Gasteiger partial charge in [0, 0.05) is 5.56 Å². The summed E-state index contributed by atoms with van der Waals surface area (Å²) in [4.78, 5) is 15.7. The van der Waals surface area contributed by atoms with E-state index in [1.165, 1.54) is 57.3 Å². The van der Waals surface area contributed by atoms with Crippen LogP contribution in [-0.2, 0) is 16.8 Å². The summed E-state index contributed by atoms with van der Waals surface area (Å²) >= 11 is 0. The maximum Gasteiger partial charge on any atom is 0.199 e. The molecular formula is C34H39NO4. The molecule has 0 spiro atoms. The van der Waals surface area contributed by atoms with Crippen LogP contribution in [-0.4, -0.2) is 45.0 Å². The number of piperidine rings is 1. The highest BCUT2D eigenvalue weighted by molar-refractivity contribution is 5.78. The first-order valence-corrected chi connectivity index (χ1v) is 14.1. The normalized spacial score (nSPS) is 20.7. The number of unbranched alkanes of at least 4 members (excludes halogenated alkanes) is 1. The van der Waals surface area contributed by atoms with Crippen LogP contribution in [0.2, 0.25) is 0 Å². The Morgan fingerprint density at radius 3 is 2.23 bits per heavy atom. The summed E-state index contributed by atoms with van der Waals surface area (Å²) in [6.45, 7) is 3.72. The van der Waals surface area contributed by atoms with Gasteiger partial charge in [0.05, 0.1) is 20.1 Å². The van der Waals surface area contributed by atoms with Crippen molar-refractivity contribution >= 4 is 12.4 Å². The van der Waals surface area contributed by atoms with E-state index in [2.05, 4.69) is 23.1 Å². The van der Waals surface area contributed by atoms with Crippen LogP contribution in [0.5, 0.6) is 17.2 Å². The summed E-state index contributed by atoms with van der Waals surface area (Å²) in [6, 6.07) is 21.9. The molecule has 2 atom stereocenters. The molecule has 1 saturated heterocycles. The van der Waals surface area contributed by atoms with Crippen LogP contribution >= 0.6 is 0 Å². The summed E-state index contributed by atoms with van der Waals surface area (Å²) in [5.74, 6) is 1.88. The van der Waals surface area contributed by atoms with Crippen LogP contribution in [0.25, 0.3) is 6.08 Å². The van der Waals surface area contributed by atoms with Gasteiger partial charge in [0.2, 0.25) is 0 Å². The lowest BCUT2D eigenvalue weighted by Gasteiger charge is -2.39. The first-order chi connectivity index (χ1) is 19.1. The Bertz CT molecular complexity index is 1260. The van der Waals surface area contributed by atoms with Crippen LogP contribution in [0.3, 0.4) is 0 Å². The van der Waals surface area contributed by atoms with Gasteiger partial charge in [-0.05, 0) is 105 Å². The minimum absolute atomic E-state index is 0.309. The quantitative estimate of drug-likeness (QED) is 0.204. The van der Waals surface area contributed by atoms with Crippen LogP contribution in [0.1, 0.15) is 60.3 Å². The number of methoxy groups -OCH3 is 2. The first kappa shape index (κ1) is 27.0. The van der Waals surface area contributed by atoms with Crippen molar-refractivity contribution in [3.8, 4) is 17.2 Å². The highest BCUT2D eigenvalue weighted by atomic mass is 16.5. The molecule has 2 aliphatic rings. The Kier molecular flexibility index (Phi) is 8.67. The molecule has 2 unspecified atom stereocenters. The van der Waals surface area contributed by atoms with Gasteiger partial charge >= 0.3 is 0 Å². The second-order valence-electron chi connectivity index (χ2n) is 10.6. The predicted molar refractivity (Wildman–Crippen MR) is 156 cm³/mol. The molecule has 204 valence electrons. The summed E-state index contributed by atoms with van der Waals surface area (Å²) in [5.41, 5.74) is 2.79. The first-order valence-electron chi connectivity index (χ1n) is 14.1. The minimum atomic E-state index is -1.22. The Morgan fingerprint density at radius 1 is 0.846 bits per heavy atom. The van der Waals surface area contributed by atoms with E-state index in [-0.39, 0.29) is 5.92 Å². The summed E-state index contributed by atoms with van der Waals surface area (Å²) in [5, 5.41) is 0. The molecule has 0 amide bonds. The van der Waals surface area contributed by atoms with Gasteiger partial charge in [-0.2, -0.15) is 0 Å². The van der Waals surface area contributed by atoms with E-state index in [0.29, 0.717) is 5.75 Å². The SMILES string of the molecule is COc1ccc(C2C=Cc3cc(OC)ccc3C2(C=O)Oc2ccc(CCCCN3CCCCC3)cc2)cc1. The Morgan fingerprint density at radius 2 is 1.54 bits per heavy atom. The zero-order valence-corrected chi connectivity index (χ0v) is 23.1. The van der Waals surface area contributed by atoms with E-state index in [1.807, 2.05) is 60.7 Å². The molecule has 3 aromatic carbocycles. The van der Waals surface area contributed by atoms with E-state index in [0.717, 1.165) is 40.9 Å². The molecule has 1 heterocycles. The molecule has 0 bridgehead atoms. The molecule has 5 nitrogen and oxygen atoms in total. The highest BCUT2D eigenvalue weighted by Crippen LogP contribution is 2.46. The summed E-state index contributed by atoms with van der Waals surface area (Å²) < 4.78 is 17.5. The predicted octanol–water partition coefficient (Wildman–Crippen LogP) is 6.80. The smallest absolute Gasteiger partial charge is 0.199 e. The molecular weight excluding hydrogens is 486 g/mol. The van der Waals surface area contributed by atoms with Crippen molar-refractivity contribution in [3.63, 3.8) is 0 Å². The summed E-state index contributed by atoms with van der Waals surface area (Å²) in [6.07, 6.45) is 12.6. The van der Waals surface area contributed by atoms with Crippen molar-refractivity contribution in [2.45, 2.75) is 50.0 Å². The number of carbonyl (C=O) groups is 1. The highest BCUT2D eigenvalue weighted by Gasteiger charge is 2.46. The van der Waals surface area contributed by atoms with E-state index in [9.17, 15) is 4.79 Å². The number of aldehydes is 1. The Hall–Kier alpha value is -3.57. The largest absolute Gasteiger partial charge is 0.497 e. The van der Waals surface area contributed by atoms with Crippen molar-refractivity contribution in [2.75, 3.05) is 33.9 Å². The van der Waals surface area contributed by atoms with Gasteiger partial charge in [0.15, 0.2) is 11.9 Å². The lowest BCUT2D eigenvalue weighted by atomic mass is 9.72. The third kappa shape index (κ3) is 6.04. The Labute approximate surface area is 232 Å². The lowest BCUT2D eigenvalue weighted by molar-refractivity contribution is -0.123. The fraction of sp³-hybridized carbons (Fsp3) is 0.382. The number of fused-ring (bicyclic) bond motifs is 1. The number of nitrogens with zero attached hydrogens (tertiary/aromatic N) is 1. The van der Waals surface area contributed by atoms with Crippen molar-refractivity contribution in [3.05, 3.63) is 95.1 Å². The third-order valence-corrected chi connectivity index (χ3v) is 8.11. The molecule has 1 fully saturated rings. The standard InChI is InChI=1S/C34H39NO4/c1-37-29-16-11-27(12-17-29)32-19-13-28-24-31(38-2)18-20-33(28)34(32,25-36)39-30-14-9-26(10-15-30)8-4-7-23-35-21-5-3-6-22-35/h9-20,24-25,32H,3-8,21-23H2,1-2H3. The van der Waals surface area contributed by atoms with E-state index in [4.69, 9.17) is 14.2 Å². The van der Waals surface area contributed by atoms with Gasteiger partial charge in [-0.25, -0.2) is 0 Å². The number of hydrogen-bond acceptors (Lipinski definition) is 5. The number of rotatable bonds is 11. The van der Waals surface area contributed by atoms with E-state index < -0.39 is 5.60 Å². The van der Waals surface area contributed by atoms with Gasteiger partial charge in [0.25, 0.3) is 0 Å². The van der Waals surface area contributed by atoms with Gasteiger partial charge in [-0.3, -0.25) is 4.79 Å². The fourth-order valence-corrected chi connectivity index (χ4v) is 5.89. The second-order valence-corrected chi connectivity index (χ2v) is 10.6. The molecule has 0 aromatic heterocycles. The van der Waals surface area contributed by atoms with E-state index in [1.54, 1.807) is 14.2 Å². The maximum absolute atomic E-state index is 13.1. The summed E-state index contributed by atoms with van der Waals surface area (Å²) in [7, 11) is 3.30. The average molecular weight is 526 g/mol. The molecule has 0 N–H and O–H groups in total. The second kappa shape index (κ2) is 12.5. The molecule has 5 rings (SSSR count). The molecule has 0 saturated carbocycles. The van der Waals surface area contributed by atoms with Crippen LogP contribution < -0.4 is 14.2 Å². The van der Waals surface area contributed by atoms with E-state index >= 15 is 0 Å². The van der Waals surface area contributed by atoms with Crippen molar-refractivity contribution < 1.29 is 19.0 Å². The monoisotopic (exact) mass is 525 g/mol. The number of carbonyl (C=O) groups excluding carboxylic acids is 1. The minimum Gasteiger partial charge on any atom is -0.497 e. The van der Waals surface area contributed by atoms with Gasteiger partial charge in [-0.1, -0.05) is 48.9 Å². The number of ether oxygens (including phenoxy) is 3. The Balaban J connectivity index is 1.35. The topological polar surface area (TPSA) is 48.0 Å². The number of hydrogen-bond donors (Lipinski definition) is 0. The molecule has 5 heteroatoms. The third-order valence-electron chi connectivity index (χ3n) is 8.11. The zero-order chi connectivity index (χ0) is 27.1. The fourth-order valence-electron chi connectivity index (χ4n) is 5.89. The van der Waals surface area contributed by atoms with Gasteiger partial charge in [0.1, 0.15) is 17.2 Å². The molecule has 39 heavy (non-hydrogen) atoms. The zero-order valence-electron chi connectivity index (χ0n) is 23.1. The lowest BCUT2D eigenvalue weighted by Crippen LogP contribution is -2.42. The maximum atomic E-state index is 13.1. The number of aryl methyl sites for hydroxylation is 1. The van der Waals surface area contributed by atoms with Crippen LogP contribution in [0.4, 0.5) is 0 Å². The molecule has 1 aliphatic carbocycles. The van der Waals surface area contributed by atoms with Gasteiger partial charge in [-0.15, -0.1) is 0 Å². The van der Waals surface area contributed by atoms with Crippen molar-refractivity contribution in [2.24, 2.45) is 0 Å². The average Bonchev–Trinajstić information content (AvgIpc) is 3.00. The van der Waals surface area contributed by atoms with Crippen molar-refractivity contribution in [1.82, 2.24) is 4.90 Å². The van der Waals surface area contributed by atoms with Crippen LogP contribution in [0.15, 0.2) is 72.8 Å². The van der Waals surface area contributed by atoms with Crippen molar-refractivity contribution in [1.29, 1.82) is 0 Å².